The van der Waals surface area contributed by atoms with Crippen molar-refractivity contribution in [3.05, 3.63) is 35.7 Å². The Hall–Kier alpha value is -4.36. The van der Waals surface area contributed by atoms with Gasteiger partial charge >= 0.3 is 35.8 Å². The summed E-state index contributed by atoms with van der Waals surface area (Å²) in [5.41, 5.74) is -1.78. The summed E-state index contributed by atoms with van der Waals surface area (Å²) in [6, 6.07) is 0. The topological polar surface area (TPSA) is 213 Å². The van der Waals surface area contributed by atoms with E-state index < -0.39 is 58.7 Å². The number of carboxylic acids is 2. The molecule has 2 aromatic rings. The van der Waals surface area contributed by atoms with Gasteiger partial charge in [0.25, 0.3) is 0 Å². The molecule has 0 radical (unpaired) electrons. The van der Waals surface area contributed by atoms with Crippen molar-refractivity contribution in [2.45, 2.75) is 0 Å². The van der Waals surface area contributed by atoms with E-state index >= 15 is 0 Å². The highest BCUT2D eigenvalue weighted by Crippen LogP contribution is 2.11. The van der Waals surface area contributed by atoms with Crippen molar-refractivity contribution in [1.82, 2.24) is 9.97 Å². The van der Waals surface area contributed by atoms with Crippen molar-refractivity contribution in [1.29, 1.82) is 0 Å². The fourth-order valence-corrected chi connectivity index (χ4v) is 1.43. The van der Waals surface area contributed by atoms with E-state index in [0.29, 0.717) is 12.8 Å². The summed E-state index contributed by atoms with van der Waals surface area (Å²) in [6.07, 6.45) is 1.15. The summed E-state index contributed by atoms with van der Waals surface area (Å²) in [5.74, 6) is -12.8. The van der Waals surface area contributed by atoms with Gasteiger partial charge in [0.1, 0.15) is 0 Å². The molecule has 134 valence electrons. The number of esters is 4. The van der Waals surface area contributed by atoms with Gasteiger partial charge < -0.3 is 28.5 Å². The lowest BCUT2D eigenvalue weighted by atomic mass is 10.3. The number of ether oxygens (including phenoxy) is 2. The first-order valence-corrected chi connectivity index (χ1v) is 6.08. The van der Waals surface area contributed by atoms with Gasteiger partial charge in [-0.15, -0.1) is 0 Å². The van der Waals surface area contributed by atoms with Gasteiger partial charge in [0.15, 0.2) is 12.8 Å². The zero-order valence-electron chi connectivity index (χ0n) is 12.0. The molecule has 0 amide bonds. The van der Waals surface area contributed by atoms with Gasteiger partial charge in [0.2, 0.25) is 22.9 Å². The van der Waals surface area contributed by atoms with Gasteiger partial charge in [-0.1, -0.05) is 0 Å². The number of hydrogen-bond donors (Lipinski definition) is 2. The second-order valence-corrected chi connectivity index (χ2v) is 4.02. The third-order valence-corrected chi connectivity index (χ3v) is 2.45. The number of rotatable bonds is 4. The molecule has 2 N–H and O–H groups in total. The maximum Gasteiger partial charge on any atom is 0.425 e. The van der Waals surface area contributed by atoms with E-state index in [1.54, 1.807) is 0 Å². The summed E-state index contributed by atoms with van der Waals surface area (Å²) < 4.78 is 16.8. The Labute approximate surface area is 139 Å². The summed E-state index contributed by atoms with van der Waals surface area (Å²) in [6.45, 7) is 0. The van der Waals surface area contributed by atoms with Crippen LogP contribution in [0.15, 0.2) is 21.6 Å². The van der Waals surface area contributed by atoms with E-state index in [0.717, 1.165) is 0 Å². The third-order valence-electron chi connectivity index (χ3n) is 2.45. The van der Waals surface area contributed by atoms with Gasteiger partial charge in [0, 0.05) is 0 Å². The molecule has 0 aliphatic rings. The van der Waals surface area contributed by atoms with Crippen molar-refractivity contribution in [2.75, 3.05) is 0 Å². The summed E-state index contributed by atoms with van der Waals surface area (Å²) in [7, 11) is 0. The molecule has 0 unspecified atom stereocenters. The number of carbonyl (C=O) groups is 6. The average Bonchev–Trinajstić information content (AvgIpc) is 3.23. The van der Waals surface area contributed by atoms with Crippen molar-refractivity contribution < 1.29 is 57.3 Å². The van der Waals surface area contributed by atoms with E-state index in [1.807, 2.05) is 0 Å². The van der Waals surface area contributed by atoms with Crippen LogP contribution in [0.25, 0.3) is 0 Å². The number of carbonyl (C=O) groups excluding carboxylic acids is 4. The number of nitrogens with zero attached hydrogens (tertiary/aromatic N) is 2. The smallest absolute Gasteiger partial charge is 0.425 e. The van der Waals surface area contributed by atoms with Crippen LogP contribution in [0.2, 0.25) is 0 Å². The van der Waals surface area contributed by atoms with Gasteiger partial charge in [-0.3, -0.25) is 0 Å². The molecule has 0 saturated carbocycles. The molecule has 0 saturated heterocycles. The molecule has 0 aliphatic carbocycles. The van der Waals surface area contributed by atoms with Gasteiger partial charge in [-0.2, -0.15) is 0 Å². The Balaban J connectivity index is 2.04. The number of aromatic nitrogens is 2. The average molecular weight is 368 g/mol. The van der Waals surface area contributed by atoms with Crippen LogP contribution in [0.4, 0.5) is 0 Å². The van der Waals surface area contributed by atoms with Crippen LogP contribution in [0.3, 0.4) is 0 Å². The standard InChI is InChI=1S/C12H4N2O12/c15-7(16)3-5(23-1-13-3)9(19)25-11(21)12(22)26-10(20)6-4(8(17)18)14-2-24-6/h1-2H,(H,15,16)(H,17,18). The molecule has 2 aromatic heterocycles. The molecule has 0 fully saturated rings. The highest BCUT2D eigenvalue weighted by atomic mass is 16.6. The van der Waals surface area contributed by atoms with E-state index in [-0.39, 0.29) is 0 Å². The Morgan fingerprint density at radius 3 is 1.38 bits per heavy atom. The predicted molar refractivity (Wildman–Crippen MR) is 67.8 cm³/mol. The first kappa shape index (κ1) is 18.0. The minimum atomic E-state index is -2.02. The lowest BCUT2D eigenvalue weighted by Gasteiger charge is -2.01. The third kappa shape index (κ3) is 3.58. The van der Waals surface area contributed by atoms with Crippen LogP contribution in [-0.2, 0) is 19.1 Å². The molecular formula is C12H4N2O12. The quantitative estimate of drug-likeness (QED) is 0.381. The normalized spacial score (nSPS) is 10.0. The highest BCUT2D eigenvalue weighted by molar-refractivity contribution is 6.34. The highest BCUT2D eigenvalue weighted by Gasteiger charge is 2.32. The first-order chi connectivity index (χ1) is 12.2. The number of aromatic carboxylic acids is 2. The fraction of sp³-hybridized carbons (Fsp3) is 0. The molecule has 0 spiro atoms. The maximum atomic E-state index is 11.6. The Morgan fingerprint density at radius 1 is 0.731 bits per heavy atom. The van der Waals surface area contributed by atoms with E-state index in [1.165, 1.54) is 0 Å². The molecule has 0 bridgehead atoms. The molecular weight excluding hydrogens is 364 g/mol. The minimum absolute atomic E-state index is 0.573. The number of hydrogen-bond acceptors (Lipinski definition) is 12. The zero-order valence-corrected chi connectivity index (χ0v) is 12.0. The van der Waals surface area contributed by atoms with Crippen LogP contribution in [0.1, 0.15) is 42.1 Å². The molecule has 26 heavy (non-hydrogen) atoms. The van der Waals surface area contributed by atoms with Crippen molar-refractivity contribution in [2.24, 2.45) is 0 Å². The minimum Gasteiger partial charge on any atom is -0.476 e. The second kappa shape index (κ2) is 7.04. The van der Waals surface area contributed by atoms with E-state index in [2.05, 4.69) is 28.3 Å². The predicted octanol–water partition coefficient (Wildman–Crippen LogP) is -0.874. The zero-order chi connectivity index (χ0) is 19.4. The lowest BCUT2D eigenvalue weighted by Crippen LogP contribution is -2.27. The van der Waals surface area contributed by atoms with Crippen LogP contribution in [-0.4, -0.2) is 56.0 Å². The van der Waals surface area contributed by atoms with Crippen LogP contribution in [0, 0.1) is 0 Å². The lowest BCUT2D eigenvalue weighted by molar-refractivity contribution is -0.160. The summed E-state index contributed by atoms with van der Waals surface area (Å²) in [4.78, 5) is 73.8. The summed E-state index contributed by atoms with van der Waals surface area (Å²) in [5, 5.41) is 17.5. The molecule has 2 heterocycles. The molecule has 0 aliphatic heterocycles. The Morgan fingerprint density at radius 2 is 1.08 bits per heavy atom. The molecule has 2 rings (SSSR count). The number of carboxylic acid groups (broad SMARTS) is 2. The Kier molecular flexibility index (Phi) is 4.87. The fourth-order valence-electron chi connectivity index (χ4n) is 1.43. The van der Waals surface area contributed by atoms with Crippen LogP contribution < -0.4 is 0 Å². The van der Waals surface area contributed by atoms with Gasteiger partial charge in [-0.05, 0) is 0 Å². The van der Waals surface area contributed by atoms with Crippen molar-refractivity contribution >= 4 is 35.8 Å². The molecule has 0 atom stereocenters. The largest absolute Gasteiger partial charge is 0.476 e. The van der Waals surface area contributed by atoms with Crippen molar-refractivity contribution in [3.63, 3.8) is 0 Å². The molecule has 14 nitrogen and oxygen atoms in total. The first-order valence-electron chi connectivity index (χ1n) is 6.08. The van der Waals surface area contributed by atoms with E-state index in [9.17, 15) is 28.8 Å². The van der Waals surface area contributed by atoms with Gasteiger partial charge in [0.05, 0.1) is 0 Å². The number of oxazole rings is 2. The Bertz CT molecular complexity index is 859. The SMILES string of the molecule is O=C(OC(=O)c1ocnc1C(=O)O)C(=O)OC(=O)c1ocnc1C(=O)O. The molecule has 0 aromatic carbocycles. The maximum absolute atomic E-state index is 11.6. The monoisotopic (exact) mass is 368 g/mol. The second-order valence-electron chi connectivity index (χ2n) is 4.02. The van der Waals surface area contributed by atoms with Crippen LogP contribution >= 0.6 is 0 Å². The van der Waals surface area contributed by atoms with Crippen molar-refractivity contribution in [3.8, 4) is 0 Å². The summed E-state index contributed by atoms with van der Waals surface area (Å²) >= 11 is 0. The molecule has 14 heteroatoms. The van der Waals surface area contributed by atoms with Crippen LogP contribution in [0.5, 0.6) is 0 Å². The van der Waals surface area contributed by atoms with Gasteiger partial charge in [-0.25, -0.2) is 38.7 Å². The van der Waals surface area contributed by atoms with E-state index in [4.69, 9.17) is 10.2 Å².